The van der Waals surface area contributed by atoms with Crippen molar-refractivity contribution in [3.05, 3.63) is 0 Å². The number of carboxylic acids is 1. The Hall–Kier alpha value is -2.24. The summed E-state index contributed by atoms with van der Waals surface area (Å²) in [4.78, 5) is 48.6. The molecule has 6 unspecified atom stereocenters. The van der Waals surface area contributed by atoms with Gasteiger partial charge in [-0.15, -0.1) is 0 Å². The molecule has 0 heterocycles. The van der Waals surface area contributed by atoms with Crippen LogP contribution in [-0.2, 0) is 19.2 Å². The van der Waals surface area contributed by atoms with Gasteiger partial charge in [0.05, 0.1) is 18.2 Å². The van der Waals surface area contributed by atoms with Crippen LogP contribution in [0, 0.1) is 11.8 Å². The SMILES string of the molecule is CC(C)CC(NC(=O)C(NC(=O)C(NC(=O)C(N)C(C)C)C(C)O)C(C)O)C(=O)O. The Labute approximate surface area is 176 Å². The number of aliphatic hydroxyl groups excluding tert-OH is 2. The van der Waals surface area contributed by atoms with E-state index in [4.69, 9.17) is 5.73 Å². The van der Waals surface area contributed by atoms with E-state index in [1.807, 2.05) is 0 Å². The fraction of sp³-hybridized carbons (Fsp3) is 0.789. The molecule has 0 aliphatic carbocycles. The molecule has 0 aromatic rings. The van der Waals surface area contributed by atoms with Crippen LogP contribution >= 0.6 is 0 Å². The molecule has 0 rings (SSSR count). The van der Waals surface area contributed by atoms with E-state index in [0.29, 0.717) is 0 Å². The van der Waals surface area contributed by atoms with E-state index < -0.39 is 60.1 Å². The first kappa shape index (κ1) is 27.8. The number of carboxylic acid groups (broad SMARTS) is 1. The molecule has 0 aliphatic rings. The largest absolute Gasteiger partial charge is 0.480 e. The highest BCUT2D eigenvalue weighted by Gasteiger charge is 2.34. The molecule has 11 heteroatoms. The van der Waals surface area contributed by atoms with Crippen LogP contribution in [0.1, 0.15) is 48.0 Å². The minimum Gasteiger partial charge on any atom is -0.480 e. The molecule has 6 atom stereocenters. The van der Waals surface area contributed by atoms with Gasteiger partial charge in [0.2, 0.25) is 17.7 Å². The van der Waals surface area contributed by atoms with Gasteiger partial charge in [-0.3, -0.25) is 14.4 Å². The molecule has 11 nitrogen and oxygen atoms in total. The monoisotopic (exact) mass is 432 g/mol. The van der Waals surface area contributed by atoms with E-state index in [2.05, 4.69) is 16.0 Å². The Bertz CT molecular complexity index is 608. The van der Waals surface area contributed by atoms with E-state index in [1.54, 1.807) is 27.7 Å². The van der Waals surface area contributed by atoms with Gasteiger partial charge < -0.3 is 37.0 Å². The average molecular weight is 433 g/mol. The van der Waals surface area contributed by atoms with Gasteiger partial charge in [0.25, 0.3) is 0 Å². The molecule has 0 aliphatic heterocycles. The zero-order chi connectivity index (χ0) is 23.8. The molecular formula is C19H36N4O7. The van der Waals surface area contributed by atoms with Gasteiger partial charge in [-0.25, -0.2) is 4.79 Å². The van der Waals surface area contributed by atoms with Crippen molar-refractivity contribution in [2.75, 3.05) is 0 Å². The van der Waals surface area contributed by atoms with Gasteiger partial charge in [0, 0.05) is 0 Å². The predicted octanol–water partition coefficient (Wildman–Crippen LogP) is -1.68. The molecule has 0 saturated carbocycles. The third-order valence-electron chi connectivity index (χ3n) is 4.47. The van der Waals surface area contributed by atoms with Crippen molar-refractivity contribution in [1.82, 2.24) is 16.0 Å². The number of amides is 3. The molecule has 8 N–H and O–H groups in total. The Morgan fingerprint density at radius 3 is 1.50 bits per heavy atom. The molecule has 0 aromatic carbocycles. The minimum atomic E-state index is -1.50. The van der Waals surface area contributed by atoms with E-state index in [-0.39, 0.29) is 18.3 Å². The number of aliphatic carboxylic acids is 1. The van der Waals surface area contributed by atoms with Crippen molar-refractivity contribution < 1.29 is 34.5 Å². The quantitative estimate of drug-likeness (QED) is 0.190. The molecule has 0 radical (unpaired) electrons. The molecule has 0 aromatic heterocycles. The Morgan fingerprint density at radius 2 is 1.17 bits per heavy atom. The standard InChI is InChI=1S/C19H36N4O7/c1-8(2)7-12(19(29)30)21-17(27)14(10(5)24)23-18(28)15(11(6)25)22-16(26)13(20)9(3)4/h8-15,24-25H,7,20H2,1-6H3,(H,21,27)(H,22,26)(H,23,28)(H,29,30). The fourth-order valence-corrected chi connectivity index (χ4v) is 2.56. The normalized spacial score (nSPS) is 17.4. The zero-order valence-electron chi connectivity index (χ0n) is 18.4. The number of aliphatic hydroxyl groups is 2. The highest BCUT2D eigenvalue weighted by atomic mass is 16.4. The first-order chi connectivity index (χ1) is 13.7. The Balaban J connectivity index is 5.37. The molecule has 0 spiro atoms. The second-order valence-electron chi connectivity index (χ2n) is 8.25. The predicted molar refractivity (Wildman–Crippen MR) is 109 cm³/mol. The maximum atomic E-state index is 12.6. The maximum absolute atomic E-state index is 12.6. The summed E-state index contributed by atoms with van der Waals surface area (Å²) < 4.78 is 0. The average Bonchev–Trinajstić information content (AvgIpc) is 2.60. The molecule has 0 fully saturated rings. The van der Waals surface area contributed by atoms with Crippen LogP contribution in [0.15, 0.2) is 0 Å². The number of nitrogens with two attached hydrogens (primary N) is 1. The lowest BCUT2D eigenvalue weighted by Crippen LogP contribution is -2.62. The van der Waals surface area contributed by atoms with Gasteiger partial charge in [-0.1, -0.05) is 27.7 Å². The van der Waals surface area contributed by atoms with Crippen LogP contribution in [0.5, 0.6) is 0 Å². The maximum Gasteiger partial charge on any atom is 0.326 e. The number of rotatable bonds is 12. The summed E-state index contributed by atoms with van der Waals surface area (Å²) in [6.07, 6.45) is -2.54. The lowest BCUT2D eigenvalue weighted by Gasteiger charge is -2.28. The second kappa shape index (κ2) is 12.5. The van der Waals surface area contributed by atoms with Crippen molar-refractivity contribution in [2.24, 2.45) is 17.6 Å². The first-order valence-corrected chi connectivity index (χ1v) is 9.94. The third-order valence-corrected chi connectivity index (χ3v) is 4.47. The number of carbonyl (C=O) groups excluding carboxylic acids is 3. The fourth-order valence-electron chi connectivity index (χ4n) is 2.56. The Morgan fingerprint density at radius 1 is 0.767 bits per heavy atom. The molecule has 30 heavy (non-hydrogen) atoms. The van der Waals surface area contributed by atoms with E-state index in [1.165, 1.54) is 13.8 Å². The van der Waals surface area contributed by atoms with Gasteiger partial charge in [0.1, 0.15) is 18.1 Å². The number of carbonyl (C=O) groups is 4. The van der Waals surface area contributed by atoms with Crippen LogP contribution in [0.2, 0.25) is 0 Å². The summed E-state index contributed by atoms with van der Waals surface area (Å²) in [6.45, 7) is 9.51. The van der Waals surface area contributed by atoms with Crippen molar-refractivity contribution in [3.63, 3.8) is 0 Å². The molecule has 0 saturated heterocycles. The zero-order valence-corrected chi connectivity index (χ0v) is 18.4. The number of nitrogens with one attached hydrogen (secondary N) is 3. The van der Waals surface area contributed by atoms with Crippen LogP contribution in [0.3, 0.4) is 0 Å². The minimum absolute atomic E-state index is 0.0222. The Kier molecular flexibility index (Phi) is 11.5. The van der Waals surface area contributed by atoms with Crippen LogP contribution in [0.4, 0.5) is 0 Å². The lowest BCUT2D eigenvalue weighted by atomic mass is 10.0. The summed E-state index contributed by atoms with van der Waals surface area (Å²) in [5.74, 6) is -3.97. The molecule has 0 bridgehead atoms. The molecular weight excluding hydrogens is 396 g/mol. The summed E-state index contributed by atoms with van der Waals surface area (Å²) in [5.41, 5.74) is 5.74. The summed E-state index contributed by atoms with van der Waals surface area (Å²) in [6, 6.07) is -5.04. The van der Waals surface area contributed by atoms with Gasteiger partial charge in [-0.2, -0.15) is 0 Å². The van der Waals surface area contributed by atoms with Crippen molar-refractivity contribution in [3.8, 4) is 0 Å². The van der Waals surface area contributed by atoms with Crippen LogP contribution < -0.4 is 21.7 Å². The highest BCUT2D eigenvalue weighted by molar-refractivity contribution is 5.94. The number of hydrogen-bond donors (Lipinski definition) is 7. The lowest BCUT2D eigenvalue weighted by molar-refractivity contribution is -0.143. The molecule has 3 amide bonds. The third kappa shape index (κ3) is 9.06. The van der Waals surface area contributed by atoms with E-state index in [9.17, 15) is 34.5 Å². The van der Waals surface area contributed by atoms with Gasteiger partial charge >= 0.3 is 5.97 Å². The summed E-state index contributed by atoms with van der Waals surface area (Å²) in [5, 5.41) is 36.0. The van der Waals surface area contributed by atoms with Gasteiger partial charge in [0.15, 0.2) is 0 Å². The van der Waals surface area contributed by atoms with Crippen molar-refractivity contribution in [1.29, 1.82) is 0 Å². The first-order valence-electron chi connectivity index (χ1n) is 9.94. The van der Waals surface area contributed by atoms with Crippen LogP contribution in [-0.4, -0.2) is 75.4 Å². The highest BCUT2D eigenvalue weighted by Crippen LogP contribution is 2.07. The van der Waals surface area contributed by atoms with E-state index >= 15 is 0 Å². The summed E-state index contributed by atoms with van der Waals surface area (Å²) in [7, 11) is 0. The smallest absolute Gasteiger partial charge is 0.326 e. The van der Waals surface area contributed by atoms with Crippen molar-refractivity contribution in [2.45, 2.75) is 84.3 Å². The topological polar surface area (TPSA) is 191 Å². The van der Waals surface area contributed by atoms with Crippen LogP contribution in [0.25, 0.3) is 0 Å². The second-order valence-corrected chi connectivity index (χ2v) is 8.25. The molecule has 174 valence electrons. The van der Waals surface area contributed by atoms with Gasteiger partial charge in [-0.05, 0) is 32.1 Å². The summed E-state index contributed by atoms with van der Waals surface area (Å²) >= 11 is 0. The van der Waals surface area contributed by atoms with E-state index in [0.717, 1.165) is 0 Å². The van der Waals surface area contributed by atoms with Crippen molar-refractivity contribution >= 4 is 23.7 Å². The number of hydrogen-bond acceptors (Lipinski definition) is 7.